The predicted molar refractivity (Wildman–Crippen MR) is 162 cm³/mol. The maximum Gasteiger partial charge on any atom is 0.238 e. The van der Waals surface area contributed by atoms with E-state index in [4.69, 9.17) is 4.74 Å². The first-order chi connectivity index (χ1) is 19.9. The zero-order valence-electron chi connectivity index (χ0n) is 24.0. The fourth-order valence-electron chi connectivity index (χ4n) is 7.16. The highest BCUT2D eigenvalue weighted by molar-refractivity contribution is 6.22. The Balaban J connectivity index is 1.28. The number of hydrogen-bond acceptors (Lipinski definition) is 4. The first-order valence-electron chi connectivity index (χ1n) is 14.7. The molecule has 3 aliphatic rings. The van der Waals surface area contributed by atoms with E-state index in [1.165, 1.54) is 21.6 Å². The molecule has 5 nitrogen and oxygen atoms in total. The highest BCUT2D eigenvalue weighted by Crippen LogP contribution is 2.51. The van der Waals surface area contributed by atoms with Gasteiger partial charge in [-0.2, -0.15) is 0 Å². The Morgan fingerprint density at radius 1 is 0.951 bits per heavy atom. The van der Waals surface area contributed by atoms with Crippen molar-refractivity contribution in [3.63, 3.8) is 0 Å². The van der Waals surface area contributed by atoms with Crippen LogP contribution in [0.4, 0.5) is 5.69 Å². The van der Waals surface area contributed by atoms with Gasteiger partial charge in [-0.15, -0.1) is 0 Å². The van der Waals surface area contributed by atoms with Crippen LogP contribution < -0.4 is 4.90 Å². The van der Waals surface area contributed by atoms with Gasteiger partial charge in [0.1, 0.15) is 5.75 Å². The van der Waals surface area contributed by atoms with E-state index in [1.54, 1.807) is 0 Å². The van der Waals surface area contributed by atoms with Crippen molar-refractivity contribution in [3.05, 3.63) is 106 Å². The highest BCUT2D eigenvalue weighted by atomic mass is 16.5. The molecule has 1 N–H and O–H groups in total. The smallest absolute Gasteiger partial charge is 0.238 e. The van der Waals surface area contributed by atoms with Crippen LogP contribution in [-0.4, -0.2) is 29.6 Å². The fraction of sp³-hybridized carbons (Fsp3) is 0.333. The van der Waals surface area contributed by atoms with Gasteiger partial charge in [0, 0.05) is 5.92 Å². The van der Waals surface area contributed by atoms with Crippen molar-refractivity contribution < 1.29 is 19.4 Å². The molecule has 2 amide bonds. The largest absolute Gasteiger partial charge is 0.507 e. The Labute approximate surface area is 242 Å². The first-order valence-corrected chi connectivity index (χ1v) is 14.7. The normalized spacial score (nSPS) is 24.2. The number of carbonyl (C=O) groups excluding carboxylic acids is 2. The average molecular weight is 548 g/mol. The van der Waals surface area contributed by atoms with Crippen LogP contribution in [0.25, 0.3) is 11.6 Å². The van der Waals surface area contributed by atoms with Gasteiger partial charge in [-0.25, -0.2) is 0 Å². The number of phenolic OH excluding ortho intramolecular Hbond substituents is 1. The van der Waals surface area contributed by atoms with Gasteiger partial charge in [-0.05, 0) is 97.2 Å². The third kappa shape index (κ3) is 4.93. The summed E-state index contributed by atoms with van der Waals surface area (Å²) in [5.41, 5.74) is 8.35. The van der Waals surface area contributed by atoms with E-state index in [9.17, 15) is 14.7 Å². The maximum absolute atomic E-state index is 13.7. The minimum atomic E-state index is -0.356. The second kappa shape index (κ2) is 11.1. The number of ether oxygens (including phenoxy) is 1. The van der Waals surface area contributed by atoms with E-state index < -0.39 is 0 Å². The zero-order chi connectivity index (χ0) is 28.7. The summed E-state index contributed by atoms with van der Waals surface area (Å²) in [6.07, 6.45) is 5.24. The lowest BCUT2D eigenvalue weighted by molar-refractivity contribution is -0.122. The van der Waals surface area contributed by atoms with E-state index in [1.807, 2.05) is 62.4 Å². The number of phenols is 1. The molecular weight excluding hydrogens is 510 g/mol. The van der Waals surface area contributed by atoms with Crippen LogP contribution in [0.2, 0.25) is 0 Å². The van der Waals surface area contributed by atoms with Crippen molar-refractivity contribution in [3.8, 4) is 5.75 Å². The molecule has 210 valence electrons. The third-order valence-electron chi connectivity index (χ3n) is 9.12. The monoisotopic (exact) mass is 547 g/mol. The number of anilines is 1. The summed E-state index contributed by atoms with van der Waals surface area (Å²) < 4.78 is 6.46. The number of hydrogen-bond donors (Lipinski definition) is 1. The Bertz CT molecular complexity index is 1520. The second-order valence-corrected chi connectivity index (χ2v) is 11.6. The van der Waals surface area contributed by atoms with Crippen molar-refractivity contribution in [1.29, 1.82) is 0 Å². The molecule has 2 aliphatic heterocycles. The number of aromatic hydroxyl groups is 1. The molecular formula is C36H37NO4. The minimum absolute atomic E-state index is 0.0505. The lowest BCUT2D eigenvalue weighted by Gasteiger charge is -2.31. The van der Waals surface area contributed by atoms with Gasteiger partial charge in [0.25, 0.3) is 0 Å². The number of fused-ring (bicyclic) bond motifs is 3. The van der Waals surface area contributed by atoms with E-state index in [0.717, 1.165) is 41.5 Å². The van der Waals surface area contributed by atoms with Gasteiger partial charge >= 0.3 is 0 Å². The van der Waals surface area contributed by atoms with E-state index in [0.29, 0.717) is 24.5 Å². The number of aryl methyl sites for hydroxylation is 2. The average Bonchev–Trinajstić information content (AvgIpc) is 3.52. The van der Waals surface area contributed by atoms with Crippen LogP contribution in [0.5, 0.6) is 5.75 Å². The predicted octanol–water partition coefficient (Wildman–Crippen LogP) is 7.26. The molecule has 4 atom stereocenters. The first kappa shape index (κ1) is 27.2. The Kier molecular flexibility index (Phi) is 7.39. The molecule has 0 unspecified atom stereocenters. The van der Waals surface area contributed by atoms with Crippen molar-refractivity contribution in [1.82, 2.24) is 0 Å². The molecule has 6 rings (SSSR count). The number of benzene rings is 3. The van der Waals surface area contributed by atoms with E-state index in [2.05, 4.69) is 37.3 Å². The lowest BCUT2D eigenvalue weighted by Crippen LogP contribution is -2.34. The standard InChI is InChI=1S/C36H37NO4/c1-4-25-20-29-33(36(40)37(35(29)39)28-13-9-6-10-14-28)30-21-41-31(32(25)30)16-15-27(26-11-7-5-8-12-26)19-24-17-22(2)34(38)23(3)18-24/h5-14,17-19,29-31,33,38H,4,15-16,20-21H2,1-3H3/b27-19-/t29-,30+,31-,33-/m1/s1. The van der Waals surface area contributed by atoms with Crippen molar-refractivity contribution >= 4 is 29.2 Å². The molecule has 0 bridgehead atoms. The number of carbonyl (C=O) groups is 2. The van der Waals surface area contributed by atoms with Crippen molar-refractivity contribution in [2.75, 3.05) is 11.5 Å². The summed E-state index contributed by atoms with van der Waals surface area (Å²) in [6, 6.07) is 23.7. The number of allylic oxidation sites excluding steroid dienone is 2. The fourth-order valence-corrected chi connectivity index (χ4v) is 7.16. The van der Waals surface area contributed by atoms with Gasteiger partial charge in [0.2, 0.25) is 11.8 Å². The van der Waals surface area contributed by atoms with E-state index in [-0.39, 0.29) is 35.7 Å². The third-order valence-corrected chi connectivity index (χ3v) is 9.12. The summed E-state index contributed by atoms with van der Waals surface area (Å²) in [4.78, 5) is 28.7. The highest BCUT2D eigenvalue weighted by Gasteiger charge is 2.57. The van der Waals surface area contributed by atoms with Crippen LogP contribution in [0.1, 0.15) is 54.9 Å². The van der Waals surface area contributed by atoms with Gasteiger partial charge in [-0.1, -0.05) is 67.1 Å². The number of rotatable bonds is 7. The SMILES string of the molecule is CCC1=C2[C@@H](CC/C(=C/c3cc(C)c(O)c(C)c3)c3ccccc3)OC[C@@H]2[C@@H]2C(=O)N(c3ccccc3)C(=O)[C@@H]2C1. The van der Waals surface area contributed by atoms with Crippen LogP contribution >= 0.6 is 0 Å². The van der Waals surface area contributed by atoms with Crippen LogP contribution in [-0.2, 0) is 14.3 Å². The summed E-state index contributed by atoms with van der Waals surface area (Å²) in [5.74, 6) is -0.538. The molecule has 1 aliphatic carbocycles. The Hall–Kier alpha value is -3.96. The molecule has 2 heterocycles. The summed E-state index contributed by atoms with van der Waals surface area (Å²) >= 11 is 0. The molecule has 0 saturated carbocycles. The minimum Gasteiger partial charge on any atom is -0.507 e. The summed E-state index contributed by atoms with van der Waals surface area (Å²) in [6.45, 7) is 6.48. The topological polar surface area (TPSA) is 66.8 Å². The maximum atomic E-state index is 13.7. The Morgan fingerprint density at radius 3 is 2.27 bits per heavy atom. The second-order valence-electron chi connectivity index (χ2n) is 11.6. The van der Waals surface area contributed by atoms with Crippen LogP contribution in [0.15, 0.2) is 83.9 Å². The van der Waals surface area contributed by atoms with Crippen molar-refractivity contribution in [2.45, 2.75) is 52.6 Å². The molecule has 0 spiro atoms. The number of nitrogens with zero attached hydrogens (tertiary/aromatic N) is 1. The van der Waals surface area contributed by atoms with Crippen LogP contribution in [0, 0.1) is 31.6 Å². The van der Waals surface area contributed by atoms with Gasteiger partial charge in [0.05, 0.1) is 30.2 Å². The molecule has 2 saturated heterocycles. The van der Waals surface area contributed by atoms with Crippen molar-refractivity contribution in [2.24, 2.45) is 17.8 Å². The molecule has 2 fully saturated rings. The number of amides is 2. The quantitative estimate of drug-likeness (QED) is 0.192. The molecule has 41 heavy (non-hydrogen) atoms. The van der Waals surface area contributed by atoms with E-state index >= 15 is 0 Å². The van der Waals surface area contributed by atoms with Crippen LogP contribution in [0.3, 0.4) is 0 Å². The molecule has 3 aromatic carbocycles. The molecule has 3 aromatic rings. The molecule has 0 aromatic heterocycles. The summed E-state index contributed by atoms with van der Waals surface area (Å²) in [5, 5.41) is 10.3. The van der Waals surface area contributed by atoms with Gasteiger partial charge < -0.3 is 9.84 Å². The van der Waals surface area contributed by atoms with Gasteiger partial charge in [-0.3, -0.25) is 14.5 Å². The molecule has 5 heteroatoms. The lowest BCUT2D eigenvalue weighted by atomic mass is 9.69. The number of imide groups is 1. The zero-order valence-corrected chi connectivity index (χ0v) is 24.0. The molecule has 0 radical (unpaired) electrons. The summed E-state index contributed by atoms with van der Waals surface area (Å²) in [7, 11) is 0. The Morgan fingerprint density at radius 2 is 1.61 bits per heavy atom. The number of para-hydroxylation sites is 1. The van der Waals surface area contributed by atoms with Gasteiger partial charge in [0.15, 0.2) is 0 Å².